The number of para-hydroxylation sites is 1. The van der Waals surface area contributed by atoms with Gasteiger partial charge in [0.05, 0.1) is 6.04 Å². The Bertz CT molecular complexity index is 3110. The molecule has 8 aromatic carbocycles. The molecule has 2 aromatic heterocycles. The first-order chi connectivity index (χ1) is 27.2. The van der Waals surface area contributed by atoms with Crippen LogP contribution in [0.1, 0.15) is 12.0 Å². The van der Waals surface area contributed by atoms with Crippen LogP contribution in [0.15, 0.2) is 199 Å². The number of hydrogen-bond donors (Lipinski definition) is 0. The molecule has 0 saturated carbocycles. The van der Waals surface area contributed by atoms with Gasteiger partial charge in [0.15, 0.2) is 0 Å². The number of anilines is 2. The maximum atomic E-state index is 6.17. The van der Waals surface area contributed by atoms with Crippen LogP contribution in [-0.4, -0.2) is 6.04 Å². The lowest BCUT2D eigenvalue weighted by atomic mass is 9.92. The molecule has 0 spiro atoms. The first-order valence-corrected chi connectivity index (χ1v) is 19.7. The SMILES string of the molecule is C1=CC(N(c2ccc(-c3ccccc3)cc2)c2ccc(-c3ccc4c(ccc5oc6ccccc6c54)c3)cc2)CC=C1c1cccc2sc3ccccc3c12. The topological polar surface area (TPSA) is 16.4 Å². The Morgan fingerprint density at radius 3 is 1.95 bits per heavy atom. The van der Waals surface area contributed by atoms with E-state index in [2.05, 4.69) is 187 Å². The van der Waals surface area contributed by atoms with E-state index in [1.54, 1.807) is 0 Å². The monoisotopic (exact) mass is 721 g/mol. The molecule has 1 aliphatic carbocycles. The molecule has 0 amide bonds. The van der Waals surface area contributed by atoms with Crippen molar-refractivity contribution in [1.29, 1.82) is 0 Å². The van der Waals surface area contributed by atoms with Crippen molar-refractivity contribution in [2.75, 3.05) is 4.90 Å². The number of fused-ring (bicyclic) bond motifs is 8. The van der Waals surface area contributed by atoms with E-state index in [1.807, 2.05) is 23.5 Å². The van der Waals surface area contributed by atoms with E-state index >= 15 is 0 Å². The van der Waals surface area contributed by atoms with E-state index in [0.29, 0.717) is 0 Å². The fourth-order valence-electron chi connectivity index (χ4n) is 8.54. The van der Waals surface area contributed by atoms with Crippen molar-refractivity contribution in [3.8, 4) is 22.3 Å². The van der Waals surface area contributed by atoms with Gasteiger partial charge in [-0.2, -0.15) is 0 Å². The summed E-state index contributed by atoms with van der Waals surface area (Å²) in [6.07, 6.45) is 8.06. The Labute approximate surface area is 323 Å². The zero-order valence-corrected chi connectivity index (χ0v) is 30.8. The molecule has 0 bridgehead atoms. The third kappa shape index (κ3) is 5.47. The van der Waals surface area contributed by atoms with Crippen molar-refractivity contribution in [1.82, 2.24) is 0 Å². The molecule has 0 saturated heterocycles. The predicted octanol–water partition coefficient (Wildman–Crippen LogP) is 15.0. The Morgan fingerprint density at radius 1 is 0.491 bits per heavy atom. The van der Waals surface area contributed by atoms with Crippen molar-refractivity contribution in [3.63, 3.8) is 0 Å². The standard InChI is InChI=1S/C52H35NOS/c1-2-9-34(10-3-1)35-17-25-40(26-18-35)53(42-29-21-37(22-30-42)43-13-8-16-50-52(43)46-12-5-7-15-49(46)55-50)41-27-19-36(20-28-41)38-23-31-44-39(33-38)24-32-48-51(44)45-11-4-6-14-47(45)54-48/h1-29,31-33,42H,30H2. The van der Waals surface area contributed by atoms with Gasteiger partial charge in [-0.3, -0.25) is 0 Å². The highest BCUT2D eigenvalue weighted by atomic mass is 32.1. The molecule has 260 valence electrons. The molecule has 1 aliphatic rings. The van der Waals surface area contributed by atoms with Crippen LogP contribution in [0, 0.1) is 0 Å². The maximum Gasteiger partial charge on any atom is 0.136 e. The first kappa shape index (κ1) is 31.8. The average Bonchev–Trinajstić information content (AvgIpc) is 3.84. The van der Waals surface area contributed by atoms with Crippen molar-refractivity contribution >= 4 is 81.2 Å². The molecule has 0 N–H and O–H groups in total. The van der Waals surface area contributed by atoms with Crippen molar-refractivity contribution < 1.29 is 4.42 Å². The van der Waals surface area contributed by atoms with Crippen LogP contribution >= 0.6 is 11.3 Å². The summed E-state index contributed by atoms with van der Waals surface area (Å²) >= 11 is 1.88. The summed E-state index contributed by atoms with van der Waals surface area (Å²) in [5.41, 5.74) is 11.6. The van der Waals surface area contributed by atoms with Crippen LogP contribution < -0.4 is 4.90 Å². The summed E-state index contributed by atoms with van der Waals surface area (Å²) in [5.74, 6) is 0. The van der Waals surface area contributed by atoms with Crippen LogP contribution in [0.4, 0.5) is 11.4 Å². The fraction of sp³-hybridized carbons (Fsp3) is 0.0385. The third-order valence-corrected chi connectivity index (χ3v) is 12.3. The first-order valence-electron chi connectivity index (χ1n) is 18.9. The minimum Gasteiger partial charge on any atom is -0.456 e. The van der Waals surface area contributed by atoms with Gasteiger partial charge in [-0.05, 0) is 105 Å². The Balaban J connectivity index is 0.948. The lowest BCUT2D eigenvalue weighted by Gasteiger charge is -2.33. The molecule has 2 nitrogen and oxygen atoms in total. The zero-order valence-electron chi connectivity index (χ0n) is 30.0. The number of benzene rings is 8. The Kier molecular flexibility index (Phi) is 7.53. The number of hydrogen-bond acceptors (Lipinski definition) is 3. The molecule has 55 heavy (non-hydrogen) atoms. The van der Waals surface area contributed by atoms with Gasteiger partial charge in [-0.1, -0.05) is 140 Å². The lowest BCUT2D eigenvalue weighted by molar-refractivity contribution is 0.669. The van der Waals surface area contributed by atoms with Gasteiger partial charge >= 0.3 is 0 Å². The summed E-state index contributed by atoms with van der Waals surface area (Å²) < 4.78 is 8.85. The smallest absolute Gasteiger partial charge is 0.136 e. The van der Waals surface area contributed by atoms with Crippen LogP contribution in [0.5, 0.6) is 0 Å². The Hall–Kier alpha value is -6.68. The molecule has 2 heterocycles. The third-order valence-electron chi connectivity index (χ3n) is 11.2. The molecule has 1 atom stereocenters. The molecule has 11 rings (SSSR count). The van der Waals surface area contributed by atoms with Crippen molar-refractivity contribution in [3.05, 3.63) is 200 Å². The molecule has 1 unspecified atom stereocenters. The molecule has 0 radical (unpaired) electrons. The van der Waals surface area contributed by atoms with Crippen LogP contribution in [0.3, 0.4) is 0 Å². The lowest BCUT2D eigenvalue weighted by Crippen LogP contribution is -2.30. The highest BCUT2D eigenvalue weighted by Crippen LogP contribution is 2.41. The van der Waals surface area contributed by atoms with Crippen LogP contribution in [0.2, 0.25) is 0 Å². The quantitative estimate of drug-likeness (QED) is 0.170. The van der Waals surface area contributed by atoms with Gasteiger partial charge in [-0.25, -0.2) is 0 Å². The fourth-order valence-corrected chi connectivity index (χ4v) is 9.67. The van der Waals surface area contributed by atoms with E-state index in [4.69, 9.17) is 4.42 Å². The average molecular weight is 722 g/mol. The van der Waals surface area contributed by atoms with E-state index in [-0.39, 0.29) is 6.04 Å². The molecule has 0 fully saturated rings. The summed E-state index contributed by atoms with van der Waals surface area (Å²) in [6.45, 7) is 0. The Morgan fingerprint density at radius 2 is 1.16 bits per heavy atom. The van der Waals surface area contributed by atoms with Gasteiger partial charge in [0.2, 0.25) is 0 Å². The minimum atomic E-state index is 0.156. The number of nitrogens with zero attached hydrogens (tertiary/aromatic N) is 1. The molecule has 3 heteroatoms. The summed E-state index contributed by atoms with van der Waals surface area (Å²) in [7, 11) is 0. The van der Waals surface area contributed by atoms with E-state index in [1.165, 1.54) is 81.1 Å². The van der Waals surface area contributed by atoms with E-state index in [9.17, 15) is 0 Å². The zero-order chi connectivity index (χ0) is 36.3. The number of allylic oxidation sites excluding steroid dienone is 2. The highest BCUT2D eigenvalue weighted by molar-refractivity contribution is 7.25. The molecular weight excluding hydrogens is 687 g/mol. The van der Waals surface area contributed by atoms with E-state index < -0.39 is 0 Å². The van der Waals surface area contributed by atoms with Gasteiger partial charge in [-0.15, -0.1) is 11.3 Å². The van der Waals surface area contributed by atoms with Gasteiger partial charge in [0, 0.05) is 42.3 Å². The minimum absolute atomic E-state index is 0.156. The second-order valence-corrected chi connectivity index (χ2v) is 15.5. The molecular formula is C52H35NOS. The van der Waals surface area contributed by atoms with E-state index in [0.717, 1.165) is 23.0 Å². The largest absolute Gasteiger partial charge is 0.456 e. The molecule has 10 aromatic rings. The van der Waals surface area contributed by atoms with Gasteiger partial charge in [0.25, 0.3) is 0 Å². The van der Waals surface area contributed by atoms with Crippen molar-refractivity contribution in [2.45, 2.75) is 12.5 Å². The van der Waals surface area contributed by atoms with Gasteiger partial charge in [0.1, 0.15) is 11.2 Å². The summed E-state index contributed by atoms with van der Waals surface area (Å²) in [5, 5.41) is 7.46. The van der Waals surface area contributed by atoms with Crippen molar-refractivity contribution in [2.24, 2.45) is 0 Å². The number of thiophene rings is 1. The van der Waals surface area contributed by atoms with Crippen LogP contribution in [0.25, 0.3) is 80.7 Å². The molecule has 0 aliphatic heterocycles. The second-order valence-electron chi connectivity index (χ2n) is 14.4. The number of furan rings is 1. The summed E-state index contributed by atoms with van der Waals surface area (Å²) in [6, 6.07) is 63.8. The van der Waals surface area contributed by atoms with Gasteiger partial charge < -0.3 is 9.32 Å². The second kappa shape index (κ2) is 13.0. The predicted molar refractivity (Wildman–Crippen MR) is 236 cm³/mol. The normalized spacial score (nSPS) is 14.3. The summed E-state index contributed by atoms with van der Waals surface area (Å²) in [4.78, 5) is 2.49. The highest BCUT2D eigenvalue weighted by Gasteiger charge is 2.22. The maximum absolute atomic E-state index is 6.17. The number of rotatable bonds is 6. The van der Waals surface area contributed by atoms with Crippen LogP contribution in [-0.2, 0) is 0 Å².